The molecular weight excluding hydrogens is 253 g/mol. The Bertz CT molecular complexity index is 352. The number of anilines is 1. The minimum absolute atomic E-state index is 0.202. The van der Waals surface area contributed by atoms with Crippen LogP contribution >= 0.6 is 11.5 Å². The quantitative estimate of drug-likeness (QED) is 0.887. The van der Waals surface area contributed by atoms with Crippen molar-refractivity contribution in [3.8, 4) is 0 Å². The Morgan fingerprint density at radius 3 is 2.53 bits per heavy atom. The van der Waals surface area contributed by atoms with Crippen LogP contribution in [-0.2, 0) is 6.18 Å². The van der Waals surface area contributed by atoms with E-state index in [1.165, 1.54) is 0 Å². The van der Waals surface area contributed by atoms with Gasteiger partial charge >= 0.3 is 6.18 Å². The zero-order valence-corrected chi connectivity index (χ0v) is 10.5. The molecule has 17 heavy (non-hydrogen) atoms. The Balaban J connectivity index is 2.79. The Morgan fingerprint density at radius 1 is 1.47 bits per heavy atom. The highest BCUT2D eigenvalue weighted by molar-refractivity contribution is 7.09. The lowest BCUT2D eigenvalue weighted by Gasteiger charge is -2.22. The average molecular weight is 268 g/mol. The zero-order chi connectivity index (χ0) is 13.1. The molecule has 1 atom stereocenters. The SMILES string of the molecule is CCN(CC(C)CN)c1nc(C(F)(F)F)ns1. The van der Waals surface area contributed by atoms with Gasteiger partial charge in [0.2, 0.25) is 11.0 Å². The van der Waals surface area contributed by atoms with E-state index in [4.69, 9.17) is 5.73 Å². The molecule has 8 heteroatoms. The third-order valence-electron chi connectivity index (χ3n) is 2.26. The number of hydrogen-bond acceptors (Lipinski definition) is 5. The van der Waals surface area contributed by atoms with Crippen LogP contribution in [0.15, 0.2) is 0 Å². The molecule has 0 saturated carbocycles. The summed E-state index contributed by atoms with van der Waals surface area (Å²) in [5.41, 5.74) is 5.49. The van der Waals surface area contributed by atoms with Gasteiger partial charge in [0.1, 0.15) is 0 Å². The molecule has 0 aliphatic heterocycles. The minimum Gasteiger partial charge on any atom is -0.347 e. The second-order valence-corrected chi connectivity index (χ2v) is 4.51. The smallest absolute Gasteiger partial charge is 0.347 e. The molecular formula is C9H15F3N4S. The second-order valence-electron chi connectivity index (χ2n) is 3.78. The highest BCUT2D eigenvalue weighted by Crippen LogP contribution is 2.30. The van der Waals surface area contributed by atoms with E-state index in [0.29, 0.717) is 24.8 Å². The van der Waals surface area contributed by atoms with Crippen molar-refractivity contribution in [3.05, 3.63) is 5.82 Å². The minimum atomic E-state index is -4.48. The van der Waals surface area contributed by atoms with Crippen LogP contribution in [0.4, 0.5) is 18.3 Å². The van der Waals surface area contributed by atoms with Crippen molar-refractivity contribution >= 4 is 16.7 Å². The van der Waals surface area contributed by atoms with E-state index in [2.05, 4.69) is 9.36 Å². The van der Waals surface area contributed by atoms with Gasteiger partial charge in [0.25, 0.3) is 0 Å². The van der Waals surface area contributed by atoms with Gasteiger partial charge < -0.3 is 10.6 Å². The molecule has 0 saturated heterocycles. The third-order valence-corrected chi connectivity index (χ3v) is 3.03. The first kappa shape index (κ1) is 14.2. The standard InChI is InChI=1S/C9H15F3N4S/c1-3-16(5-6(2)4-13)8-14-7(15-17-8)9(10,11)12/h6H,3-5,13H2,1-2H3. The van der Waals surface area contributed by atoms with Gasteiger partial charge in [0, 0.05) is 24.6 Å². The molecule has 0 aromatic carbocycles. The number of rotatable bonds is 5. The van der Waals surface area contributed by atoms with E-state index < -0.39 is 12.0 Å². The average Bonchev–Trinajstić information content (AvgIpc) is 2.74. The first-order chi connectivity index (χ1) is 7.88. The Kier molecular flexibility index (Phi) is 4.70. The van der Waals surface area contributed by atoms with Crippen LogP contribution in [0, 0.1) is 5.92 Å². The van der Waals surface area contributed by atoms with Gasteiger partial charge in [0.05, 0.1) is 0 Å². The van der Waals surface area contributed by atoms with Crippen molar-refractivity contribution < 1.29 is 13.2 Å². The fraction of sp³-hybridized carbons (Fsp3) is 0.778. The first-order valence-electron chi connectivity index (χ1n) is 5.24. The summed E-state index contributed by atoms with van der Waals surface area (Å²) in [6, 6.07) is 0. The summed E-state index contributed by atoms with van der Waals surface area (Å²) in [6.45, 7) is 5.45. The molecule has 0 fully saturated rings. The van der Waals surface area contributed by atoms with Crippen LogP contribution in [0.1, 0.15) is 19.7 Å². The lowest BCUT2D eigenvalue weighted by atomic mass is 10.2. The van der Waals surface area contributed by atoms with Gasteiger partial charge in [-0.2, -0.15) is 22.5 Å². The van der Waals surface area contributed by atoms with Crippen molar-refractivity contribution in [1.29, 1.82) is 0 Å². The van der Waals surface area contributed by atoms with Crippen molar-refractivity contribution in [2.24, 2.45) is 11.7 Å². The maximum absolute atomic E-state index is 12.3. The van der Waals surface area contributed by atoms with Gasteiger partial charge in [-0.05, 0) is 19.4 Å². The first-order valence-corrected chi connectivity index (χ1v) is 6.01. The second kappa shape index (κ2) is 5.63. The monoisotopic (exact) mass is 268 g/mol. The fourth-order valence-corrected chi connectivity index (χ4v) is 2.01. The number of halogens is 3. The van der Waals surface area contributed by atoms with E-state index in [1.54, 1.807) is 4.90 Å². The van der Waals surface area contributed by atoms with Crippen LogP contribution in [0.3, 0.4) is 0 Å². The normalized spacial score (nSPS) is 13.8. The van der Waals surface area contributed by atoms with Crippen molar-refractivity contribution in [1.82, 2.24) is 9.36 Å². The van der Waals surface area contributed by atoms with Gasteiger partial charge in [-0.25, -0.2) is 0 Å². The maximum Gasteiger partial charge on any atom is 0.452 e. The maximum atomic E-state index is 12.3. The molecule has 0 aliphatic rings. The van der Waals surface area contributed by atoms with E-state index in [1.807, 2.05) is 13.8 Å². The molecule has 1 aromatic rings. The topological polar surface area (TPSA) is 55.0 Å². The van der Waals surface area contributed by atoms with Crippen molar-refractivity contribution in [2.75, 3.05) is 24.5 Å². The van der Waals surface area contributed by atoms with E-state index in [0.717, 1.165) is 11.5 Å². The predicted octanol–water partition coefficient (Wildman–Crippen LogP) is 1.98. The molecule has 1 heterocycles. The van der Waals surface area contributed by atoms with Gasteiger partial charge in [-0.15, -0.1) is 0 Å². The molecule has 0 bridgehead atoms. The lowest BCUT2D eigenvalue weighted by Crippen LogP contribution is -2.31. The molecule has 98 valence electrons. The summed E-state index contributed by atoms with van der Waals surface area (Å²) in [5, 5.41) is 0.292. The molecule has 0 spiro atoms. The van der Waals surface area contributed by atoms with E-state index in [-0.39, 0.29) is 5.92 Å². The van der Waals surface area contributed by atoms with Crippen LogP contribution in [0.25, 0.3) is 0 Å². The Morgan fingerprint density at radius 2 is 2.12 bits per heavy atom. The number of alkyl halides is 3. The van der Waals surface area contributed by atoms with Crippen LogP contribution in [0.2, 0.25) is 0 Å². The Hall–Kier alpha value is -0.890. The molecule has 0 amide bonds. The highest BCUT2D eigenvalue weighted by Gasteiger charge is 2.36. The van der Waals surface area contributed by atoms with Crippen LogP contribution in [-0.4, -0.2) is 29.0 Å². The summed E-state index contributed by atoms with van der Waals surface area (Å²) in [4.78, 5) is 5.26. The number of nitrogens with two attached hydrogens (primary N) is 1. The largest absolute Gasteiger partial charge is 0.452 e. The molecule has 0 radical (unpaired) electrons. The Labute approximate surface area is 102 Å². The fourth-order valence-electron chi connectivity index (χ4n) is 1.25. The molecule has 1 aromatic heterocycles. The van der Waals surface area contributed by atoms with Gasteiger partial charge in [-0.1, -0.05) is 6.92 Å². The van der Waals surface area contributed by atoms with Gasteiger partial charge in [-0.3, -0.25) is 0 Å². The summed E-state index contributed by atoms with van der Waals surface area (Å²) < 4.78 is 40.3. The third kappa shape index (κ3) is 3.81. The number of hydrogen-bond donors (Lipinski definition) is 1. The van der Waals surface area contributed by atoms with E-state index in [9.17, 15) is 13.2 Å². The summed E-state index contributed by atoms with van der Waals surface area (Å²) in [6.07, 6.45) is -4.48. The molecule has 4 nitrogen and oxygen atoms in total. The molecule has 0 aliphatic carbocycles. The van der Waals surface area contributed by atoms with Crippen LogP contribution in [0.5, 0.6) is 0 Å². The summed E-state index contributed by atoms with van der Waals surface area (Å²) >= 11 is 0.766. The summed E-state index contributed by atoms with van der Waals surface area (Å²) in [5.74, 6) is -0.871. The zero-order valence-electron chi connectivity index (χ0n) is 9.66. The predicted molar refractivity (Wildman–Crippen MR) is 61.0 cm³/mol. The molecule has 2 N–H and O–H groups in total. The number of nitrogens with zero attached hydrogens (tertiary/aromatic N) is 3. The summed E-state index contributed by atoms with van der Waals surface area (Å²) in [7, 11) is 0. The van der Waals surface area contributed by atoms with Gasteiger partial charge in [0.15, 0.2) is 0 Å². The lowest BCUT2D eigenvalue weighted by molar-refractivity contribution is -0.144. The highest BCUT2D eigenvalue weighted by atomic mass is 32.1. The van der Waals surface area contributed by atoms with Crippen molar-refractivity contribution in [2.45, 2.75) is 20.0 Å². The van der Waals surface area contributed by atoms with Crippen LogP contribution < -0.4 is 10.6 Å². The van der Waals surface area contributed by atoms with Crippen molar-refractivity contribution in [3.63, 3.8) is 0 Å². The van der Waals surface area contributed by atoms with E-state index >= 15 is 0 Å². The number of aromatic nitrogens is 2. The molecule has 1 rings (SSSR count). The molecule has 1 unspecified atom stereocenters.